The predicted octanol–water partition coefficient (Wildman–Crippen LogP) is 10.6. The lowest BCUT2D eigenvalue weighted by Crippen LogP contribution is -2.06. The highest BCUT2D eigenvalue weighted by atomic mass is 14.5. The van der Waals surface area contributed by atoms with Gasteiger partial charge in [0.1, 0.15) is 0 Å². The van der Waals surface area contributed by atoms with Gasteiger partial charge in [0.25, 0.3) is 0 Å². The van der Waals surface area contributed by atoms with Gasteiger partial charge in [0, 0.05) is 23.2 Å². The van der Waals surface area contributed by atoms with Crippen LogP contribution in [-0.4, -0.2) is 0 Å². The molecule has 4 N–H and O–H groups in total. The molecule has 0 aliphatic rings. The van der Waals surface area contributed by atoms with Crippen LogP contribution in [0.5, 0.6) is 0 Å². The quantitative estimate of drug-likeness (QED) is 0.115. The first-order valence-electron chi connectivity index (χ1n) is 15.9. The summed E-state index contributed by atoms with van der Waals surface area (Å²) < 4.78 is 0. The normalized spacial score (nSPS) is 13.5. The molecule has 2 heteroatoms. The van der Waals surface area contributed by atoms with Crippen LogP contribution in [0.2, 0.25) is 0 Å². The zero-order chi connectivity index (χ0) is 29.0. The third kappa shape index (κ3) is 8.49. The number of nitrogen functional groups attached to an aromatic ring is 2. The van der Waals surface area contributed by atoms with Crippen molar-refractivity contribution in [3.05, 3.63) is 130 Å². The molecule has 0 fully saturated rings. The predicted molar refractivity (Wildman–Crippen MR) is 179 cm³/mol. The number of hydrogen-bond donors (Lipinski definition) is 2. The first-order chi connectivity index (χ1) is 20.0. The second kappa shape index (κ2) is 15.5. The average molecular weight is 547 g/mol. The summed E-state index contributed by atoms with van der Waals surface area (Å²) in [4.78, 5) is 0. The lowest BCUT2D eigenvalue weighted by atomic mass is 9.83. The van der Waals surface area contributed by atoms with Crippen molar-refractivity contribution in [1.82, 2.24) is 0 Å². The minimum Gasteiger partial charge on any atom is -0.399 e. The fourth-order valence-corrected chi connectivity index (χ4v) is 6.34. The van der Waals surface area contributed by atoms with Gasteiger partial charge in [0.05, 0.1) is 0 Å². The minimum absolute atomic E-state index is 0.400. The standard InChI is InChI=1S/C39H50N2/c1-4-7-8-9-10-11-35(30-16-18-32(19-17-30)39(6-3)34-22-26-37(41)27-23-34)28-29-12-14-31(15-13-29)38(5-2)33-20-24-36(40)25-21-33/h12-27,35,38-39H,4-11,28,40-41H2,1-3H3. The topological polar surface area (TPSA) is 52.0 Å². The van der Waals surface area contributed by atoms with E-state index in [9.17, 15) is 0 Å². The molecule has 0 bridgehead atoms. The van der Waals surface area contributed by atoms with Crippen LogP contribution in [0.3, 0.4) is 0 Å². The van der Waals surface area contributed by atoms with Crippen molar-refractivity contribution in [1.29, 1.82) is 0 Å². The van der Waals surface area contributed by atoms with Crippen molar-refractivity contribution < 1.29 is 0 Å². The molecule has 0 saturated carbocycles. The molecule has 216 valence electrons. The average Bonchev–Trinajstić information content (AvgIpc) is 3.00. The van der Waals surface area contributed by atoms with E-state index in [0.29, 0.717) is 17.8 Å². The van der Waals surface area contributed by atoms with Crippen molar-refractivity contribution in [3.8, 4) is 0 Å². The Morgan fingerprint density at radius 3 is 1.29 bits per heavy atom. The van der Waals surface area contributed by atoms with Crippen molar-refractivity contribution in [2.75, 3.05) is 11.5 Å². The molecule has 41 heavy (non-hydrogen) atoms. The lowest BCUT2D eigenvalue weighted by molar-refractivity contribution is 0.542. The van der Waals surface area contributed by atoms with Crippen LogP contribution >= 0.6 is 0 Å². The van der Waals surface area contributed by atoms with Gasteiger partial charge in [0.15, 0.2) is 0 Å². The van der Waals surface area contributed by atoms with Gasteiger partial charge in [-0.2, -0.15) is 0 Å². The summed E-state index contributed by atoms with van der Waals surface area (Å²) >= 11 is 0. The summed E-state index contributed by atoms with van der Waals surface area (Å²) in [6, 6.07) is 35.7. The Bertz CT molecular complexity index is 1290. The van der Waals surface area contributed by atoms with Crippen LogP contribution in [0.15, 0.2) is 97.1 Å². The number of nitrogens with two attached hydrogens (primary N) is 2. The van der Waals surface area contributed by atoms with Crippen molar-refractivity contribution in [2.24, 2.45) is 0 Å². The van der Waals surface area contributed by atoms with E-state index in [4.69, 9.17) is 11.5 Å². The van der Waals surface area contributed by atoms with Crippen molar-refractivity contribution in [2.45, 2.75) is 96.3 Å². The smallest absolute Gasteiger partial charge is 0.0314 e. The summed E-state index contributed by atoms with van der Waals surface area (Å²) in [5.74, 6) is 1.34. The summed E-state index contributed by atoms with van der Waals surface area (Å²) in [7, 11) is 0. The van der Waals surface area contributed by atoms with E-state index in [-0.39, 0.29) is 0 Å². The van der Waals surface area contributed by atoms with Crippen LogP contribution in [-0.2, 0) is 6.42 Å². The third-order valence-electron chi connectivity index (χ3n) is 8.82. The van der Waals surface area contributed by atoms with Gasteiger partial charge in [-0.15, -0.1) is 0 Å². The highest BCUT2D eigenvalue weighted by Gasteiger charge is 2.17. The van der Waals surface area contributed by atoms with E-state index in [1.54, 1.807) is 0 Å². The molecule has 4 aromatic carbocycles. The molecule has 0 aromatic heterocycles. The van der Waals surface area contributed by atoms with Crippen LogP contribution in [0.25, 0.3) is 0 Å². The number of unbranched alkanes of at least 4 members (excludes halogenated alkanes) is 4. The Morgan fingerprint density at radius 1 is 0.463 bits per heavy atom. The maximum atomic E-state index is 5.95. The second-order valence-electron chi connectivity index (χ2n) is 11.8. The fraction of sp³-hybridized carbons (Fsp3) is 0.385. The lowest BCUT2D eigenvalue weighted by Gasteiger charge is -2.21. The Hall–Kier alpha value is -3.52. The first-order valence-corrected chi connectivity index (χ1v) is 15.9. The minimum atomic E-state index is 0.400. The van der Waals surface area contributed by atoms with Crippen molar-refractivity contribution >= 4 is 11.4 Å². The summed E-state index contributed by atoms with van der Waals surface area (Å²) in [6.07, 6.45) is 11.1. The number of benzene rings is 4. The maximum absolute atomic E-state index is 5.95. The Morgan fingerprint density at radius 2 is 0.854 bits per heavy atom. The summed E-state index contributed by atoms with van der Waals surface area (Å²) in [5, 5.41) is 0. The molecule has 0 amide bonds. The zero-order valence-electron chi connectivity index (χ0n) is 25.5. The van der Waals surface area contributed by atoms with E-state index in [1.165, 1.54) is 71.9 Å². The van der Waals surface area contributed by atoms with Gasteiger partial charge >= 0.3 is 0 Å². The highest BCUT2D eigenvalue weighted by molar-refractivity contribution is 5.44. The maximum Gasteiger partial charge on any atom is 0.0314 e. The van der Waals surface area contributed by atoms with Crippen LogP contribution in [0, 0.1) is 0 Å². The Kier molecular flexibility index (Phi) is 11.5. The molecule has 0 spiro atoms. The van der Waals surface area contributed by atoms with E-state index < -0.39 is 0 Å². The molecular formula is C39H50N2. The molecule has 0 aliphatic carbocycles. The third-order valence-corrected chi connectivity index (χ3v) is 8.82. The molecule has 0 radical (unpaired) electrons. The van der Waals surface area contributed by atoms with Crippen LogP contribution < -0.4 is 11.5 Å². The van der Waals surface area contributed by atoms with E-state index >= 15 is 0 Å². The van der Waals surface area contributed by atoms with Crippen LogP contribution in [0.1, 0.15) is 123 Å². The monoisotopic (exact) mass is 546 g/mol. The first kappa shape index (κ1) is 30.4. The molecule has 3 atom stereocenters. The number of hydrogen-bond acceptors (Lipinski definition) is 2. The molecule has 0 saturated heterocycles. The van der Waals surface area contributed by atoms with E-state index in [2.05, 4.69) is 93.6 Å². The molecular weight excluding hydrogens is 496 g/mol. The van der Waals surface area contributed by atoms with Gasteiger partial charge in [-0.3, -0.25) is 0 Å². The van der Waals surface area contributed by atoms with Gasteiger partial charge in [-0.05, 0) is 89.2 Å². The van der Waals surface area contributed by atoms with Crippen LogP contribution in [0.4, 0.5) is 11.4 Å². The Labute approximate surface area is 249 Å². The molecule has 4 rings (SSSR count). The van der Waals surface area contributed by atoms with Crippen molar-refractivity contribution in [3.63, 3.8) is 0 Å². The van der Waals surface area contributed by atoms with Gasteiger partial charge in [0.2, 0.25) is 0 Å². The number of rotatable bonds is 15. The largest absolute Gasteiger partial charge is 0.399 e. The molecule has 2 nitrogen and oxygen atoms in total. The van der Waals surface area contributed by atoms with Gasteiger partial charge in [-0.1, -0.05) is 126 Å². The summed E-state index contributed by atoms with van der Waals surface area (Å²) in [6.45, 7) is 6.83. The zero-order valence-corrected chi connectivity index (χ0v) is 25.5. The molecule has 3 unspecified atom stereocenters. The van der Waals surface area contributed by atoms with E-state index in [1.807, 2.05) is 24.3 Å². The second-order valence-corrected chi connectivity index (χ2v) is 11.8. The SMILES string of the molecule is CCCCCCCC(Cc1ccc(C(CC)c2ccc(N)cc2)cc1)c1ccc(C(CC)c2ccc(N)cc2)cc1. The molecule has 0 heterocycles. The number of anilines is 2. The highest BCUT2D eigenvalue weighted by Crippen LogP contribution is 2.33. The molecule has 4 aromatic rings. The van der Waals surface area contributed by atoms with Gasteiger partial charge in [-0.25, -0.2) is 0 Å². The van der Waals surface area contributed by atoms with Gasteiger partial charge < -0.3 is 11.5 Å². The summed E-state index contributed by atoms with van der Waals surface area (Å²) in [5.41, 5.74) is 21.9. The fourth-order valence-electron chi connectivity index (χ4n) is 6.34. The Balaban J connectivity index is 1.50. The molecule has 0 aliphatic heterocycles. The van der Waals surface area contributed by atoms with E-state index in [0.717, 1.165) is 30.6 Å².